The van der Waals surface area contributed by atoms with Crippen LogP contribution in [0.4, 0.5) is 0 Å². The van der Waals surface area contributed by atoms with E-state index in [4.69, 9.17) is 16.7 Å². The first-order chi connectivity index (χ1) is 9.47. The molecule has 6 heteroatoms. The molecule has 0 aliphatic heterocycles. The number of carboxylic acids is 1. The minimum absolute atomic E-state index is 0.113. The zero-order chi connectivity index (χ0) is 14.7. The fourth-order valence-corrected chi connectivity index (χ4v) is 1.95. The highest BCUT2D eigenvalue weighted by molar-refractivity contribution is 6.30. The van der Waals surface area contributed by atoms with Crippen molar-refractivity contribution in [3.8, 4) is 5.69 Å². The molecular formula is C14H13ClN2O3. The topological polar surface area (TPSA) is 72.2 Å². The molecule has 0 saturated heterocycles. The van der Waals surface area contributed by atoms with Crippen LogP contribution in [0.25, 0.3) is 5.69 Å². The van der Waals surface area contributed by atoms with Crippen molar-refractivity contribution in [1.82, 2.24) is 9.78 Å². The van der Waals surface area contributed by atoms with E-state index in [1.807, 2.05) is 0 Å². The predicted octanol–water partition coefficient (Wildman–Crippen LogP) is 2.21. The Morgan fingerprint density at radius 1 is 1.35 bits per heavy atom. The van der Waals surface area contributed by atoms with Crippen LogP contribution < -0.4 is 5.43 Å². The minimum Gasteiger partial charge on any atom is -0.481 e. The lowest BCUT2D eigenvalue weighted by Gasteiger charge is -2.11. The third-order valence-corrected chi connectivity index (χ3v) is 3.08. The number of halogens is 1. The van der Waals surface area contributed by atoms with Gasteiger partial charge in [-0.05, 0) is 31.2 Å². The van der Waals surface area contributed by atoms with Gasteiger partial charge in [-0.15, -0.1) is 0 Å². The number of hydrogen-bond donors (Lipinski definition) is 1. The zero-order valence-electron chi connectivity index (χ0n) is 10.8. The van der Waals surface area contributed by atoms with Gasteiger partial charge in [-0.25, -0.2) is 4.68 Å². The molecule has 0 fully saturated rings. The Hall–Kier alpha value is -2.14. The summed E-state index contributed by atoms with van der Waals surface area (Å²) in [5, 5.41) is 13.5. The van der Waals surface area contributed by atoms with Crippen molar-refractivity contribution >= 4 is 17.6 Å². The van der Waals surface area contributed by atoms with E-state index in [1.54, 1.807) is 35.9 Å². The lowest BCUT2D eigenvalue weighted by atomic mass is 10.2. The molecule has 0 spiro atoms. The number of carboxylic acid groups (broad SMARTS) is 1. The standard InChI is InChI=1S/C14H13ClN2O3/c1-9-8-13(18)12(6-7-14(19)20)16-17(9)11-4-2-10(15)3-5-11/h2-5,8H,6-7H2,1H3,(H,19,20). The van der Waals surface area contributed by atoms with Crippen LogP contribution in [-0.4, -0.2) is 20.9 Å². The molecule has 2 rings (SSSR count). The second-order valence-electron chi connectivity index (χ2n) is 4.38. The number of aryl methyl sites for hydroxylation is 2. The van der Waals surface area contributed by atoms with Gasteiger partial charge in [0.15, 0.2) is 0 Å². The van der Waals surface area contributed by atoms with Gasteiger partial charge < -0.3 is 5.11 Å². The summed E-state index contributed by atoms with van der Waals surface area (Å²) in [5.74, 6) is -0.954. The normalized spacial score (nSPS) is 10.5. The smallest absolute Gasteiger partial charge is 0.303 e. The van der Waals surface area contributed by atoms with Crippen LogP contribution in [0.2, 0.25) is 5.02 Å². The van der Waals surface area contributed by atoms with Gasteiger partial charge in [0.25, 0.3) is 0 Å². The van der Waals surface area contributed by atoms with E-state index >= 15 is 0 Å². The van der Waals surface area contributed by atoms with Crippen LogP contribution in [0.3, 0.4) is 0 Å². The molecule has 0 saturated carbocycles. The zero-order valence-corrected chi connectivity index (χ0v) is 11.6. The Labute approximate surface area is 120 Å². The van der Waals surface area contributed by atoms with Crippen molar-refractivity contribution in [3.05, 3.63) is 57.0 Å². The van der Waals surface area contributed by atoms with Crippen LogP contribution in [0, 0.1) is 6.92 Å². The maximum atomic E-state index is 11.8. The molecule has 1 N–H and O–H groups in total. The molecule has 1 aromatic carbocycles. The number of aliphatic carboxylic acids is 1. The summed E-state index contributed by atoms with van der Waals surface area (Å²) in [5.41, 5.74) is 1.45. The molecule has 2 aromatic rings. The van der Waals surface area contributed by atoms with Crippen molar-refractivity contribution in [2.45, 2.75) is 19.8 Å². The molecule has 0 atom stereocenters. The fraction of sp³-hybridized carbons (Fsp3) is 0.214. The van der Waals surface area contributed by atoms with E-state index in [2.05, 4.69) is 5.10 Å². The number of nitrogens with zero attached hydrogens (tertiary/aromatic N) is 2. The van der Waals surface area contributed by atoms with Gasteiger partial charge in [0.1, 0.15) is 5.69 Å². The van der Waals surface area contributed by atoms with Gasteiger partial charge in [0.2, 0.25) is 5.43 Å². The summed E-state index contributed by atoms with van der Waals surface area (Å²) in [6.45, 7) is 1.77. The second-order valence-corrected chi connectivity index (χ2v) is 4.82. The van der Waals surface area contributed by atoms with Crippen molar-refractivity contribution in [2.75, 3.05) is 0 Å². The quantitative estimate of drug-likeness (QED) is 0.938. The van der Waals surface area contributed by atoms with E-state index in [9.17, 15) is 9.59 Å². The monoisotopic (exact) mass is 292 g/mol. The Bertz CT molecular complexity index is 693. The van der Waals surface area contributed by atoms with Crippen LogP contribution in [-0.2, 0) is 11.2 Å². The number of benzene rings is 1. The second kappa shape index (κ2) is 5.88. The number of aromatic nitrogens is 2. The fourth-order valence-electron chi connectivity index (χ4n) is 1.83. The highest BCUT2D eigenvalue weighted by Gasteiger charge is 2.09. The predicted molar refractivity (Wildman–Crippen MR) is 75.5 cm³/mol. The molecule has 20 heavy (non-hydrogen) atoms. The van der Waals surface area contributed by atoms with E-state index < -0.39 is 5.97 Å². The molecule has 0 aliphatic carbocycles. The first-order valence-electron chi connectivity index (χ1n) is 6.05. The van der Waals surface area contributed by atoms with Gasteiger partial charge in [-0.1, -0.05) is 11.6 Å². The Morgan fingerprint density at radius 3 is 2.60 bits per heavy atom. The Morgan fingerprint density at radius 2 is 2.00 bits per heavy atom. The van der Waals surface area contributed by atoms with Gasteiger partial charge in [-0.3, -0.25) is 9.59 Å². The van der Waals surface area contributed by atoms with Crippen molar-refractivity contribution < 1.29 is 9.90 Å². The van der Waals surface area contributed by atoms with Gasteiger partial charge >= 0.3 is 5.97 Å². The summed E-state index contributed by atoms with van der Waals surface area (Å²) in [6.07, 6.45) is -0.00600. The average molecular weight is 293 g/mol. The van der Waals surface area contributed by atoms with Crippen molar-refractivity contribution in [3.63, 3.8) is 0 Å². The molecular weight excluding hydrogens is 280 g/mol. The number of rotatable bonds is 4. The van der Waals surface area contributed by atoms with Gasteiger partial charge in [0, 0.05) is 23.2 Å². The average Bonchev–Trinajstić information content (AvgIpc) is 2.39. The maximum absolute atomic E-state index is 11.8. The van der Waals surface area contributed by atoms with Crippen molar-refractivity contribution in [2.24, 2.45) is 0 Å². The number of carbonyl (C=O) groups is 1. The third-order valence-electron chi connectivity index (χ3n) is 2.83. The van der Waals surface area contributed by atoms with E-state index in [-0.39, 0.29) is 24.0 Å². The lowest BCUT2D eigenvalue weighted by molar-refractivity contribution is -0.136. The minimum atomic E-state index is -0.954. The van der Waals surface area contributed by atoms with Crippen LogP contribution in [0.5, 0.6) is 0 Å². The molecule has 1 aromatic heterocycles. The highest BCUT2D eigenvalue weighted by atomic mass is 35.5. The Kier molecular flexibility index (Phi) is 4.20. The first kappa shape index (κ1) is 14.3. The summed E-state index contributed by atoms with van der Waals surface area (Å²) in [7, 11) is 0. The van der Waals surface area contributed by atoms with Crippen LogP contribution in [0.15, 0.2) is 35.1 Å². The van der Waals surface area contributed by atoms with E-state index in [0.717, 1.165) is 5.69 Å². The van der Waals surface area contributed by atoms with Gasteiger partial charge in [0.05, 0.1) is 12.1 Å². The lowest BCUT2D eigenvalue weighted by Crippen LogP contribution is -2.19. The highest BCUT2D eigenvalue weighted by Crippen LogP contribution is 2.13. The molecule has 5 nitrogen and oxygen atoms in total. The summed E-state index contributed by atoms with van der Waals surface area (Å²) < 4.78 is 1.61. The van der Waals surface area contributed by atoms with Crippen molar-refractivity contribution in [1.29, 1.82) is 0 Å². The molecule has 0 aliphatic rings. The summed E-state index contributed by atoms with van der Waals surface area (Å²) in [4.78, 5) is 22.4. The SMILES string of the molecule is Cc1cc(=O)c(CCC(=O)O)nn1-c1ccc(Cl)cc1. The van der Waals surface area contributed by atoms with E-state index in [1.165, 1.54) is 6.07 Å². The van der Waals surface area contributed by atoms with E-state index in [0.29, 0.717) is 10.7 Å². The molecule has 0 unspecified atom stereocenters. The molecule has 0 bridgehead atoms. The number of hydrogen-bond acceptors (Lipinski definition) is 3. The molecule has 0 amide bonds. The Balaban J connectivity index is 2.42. The van der Waals surface area contributed by atoms with Gasteiger partial charge in [-0.2, -0.15) is 5.10 Å². The maximum Gasteiger partial charge on any atom is 0.303 e. The molecule has 1 heterocycles. The summed E-state index contributed by atoms with van der Waals surface area (Å²) in [6, 6.07) is 8.49. The van der Waals surface area contributed by atoms with Crippen LogP contribution >= 0.6 is 11.6 Å². The molecule has 104 valence electrons. The third kappa shape index (κ3) is 3.24. The largest absolute Gasteiger partial charge is 0.481 e. The first-order valence-corrected chi connectivity index (χ1v) is 6.43. The molecule has 0 radical (unpaired) electrons. The summed E-state index contributed by atoms with van der Waals surface area (Å²) >= 11 is 5.84. The van der Waals surface area contributed by atoms with Crippen LogP contribution in [0.1, 0.15) is 17.8 Å².